The number of ether oxygens (including phenoxy) is 1. The van der Waals surface area contributed by atoms with E-state index in [9.17, 15) is 13.2 Å². The second-order valence-corrected chi connectivity index (χ2v) is 3.82. The SMILES string of the molecule is COCCn1nc(C(F)(F)F)cc1C(C)C. The lowest BCUT2D eigenvalue weighted by Gasteiger charge is -2.08. The Morgan fingerprint density at radius 1 is 1.44 bits per heavy atom. The van der Waals surface area contributed by atoms with Crippen molar-refractivity contribution < 1.29 is 17.9 Å². The first kappa shape index (κ1) is 13.0. The molecule has 0 aliphatic heterocycles. The average molecular weight is 236 g/mol. The minimum atomic E-state index is -4.39. The third-order valence-electron chi connectivity index (χ3n) is 2.20. The molecular formula is C10H15F3N2O. The van der Waals surface area contributed by atoms with Gasteiger partial charge in [-0.25, -0.2) is 0 Å². The van der Waals surface area contributed by atoms with Gasteiger partial charge in [0.2, 0.25) is 0 Å². The molecule has 3 nitrogen and oxygen atoms in total. The van der Waals surface area contributed by atoms with Crippen LogP contribution < -0.4 is 0 Å². The minimum absolute atomic E-state index is 0.000422. The molecule has 0 unspecified atom stereocenters. The Balaban J connectivity index is 3.00. The van der Waals surface area contributed by atoms with E-state index in [1.54, 1.807) is 0 Å². The Morgan fingerprint density at radius 2 is 2.06 bits per heavy atom. The van der Waals surface area contributed by atoms with Crippen LogP contribution in [0.1, 0.15) is 31.2 Å². The summed E-state index contributed by atoms with van der Waals surface area (Å²) >= 11 is 0. The molecule has 0 atom stereocenters. The van der Waals surface area contributed by atoms with Crippen LogP contribution in [0.2, 0.25) is 0 Å². The van der Waals surface area contributed by atoms with Crippen LogP contribution in [0.25, 0.3) is 0 Å². The van der Waals surface area contributed by atoms with E-state index in [1.165, 1.54) is 11.8 Å². The maximum Gasteiger partial charge on any atom is 0.435 e. The van der Waals surface area contributed by atoms with E-state index in [0.717, 1.165) is 6.07 Å². The van der Waals surface area contributed by atoms with Crippen LogP contribution in [0.5, 0.6) is 0 Å². The van der Waals surface area contributed by atoms with E-state index >= 15 is 0 Å². The Hall–Kier alpha value is -1.04. The van der Waals surface area contributed by atoms with E-state index in [1.807, 2.05) is 13.8 Å². The molecule has 0 aromatic carbocycles. The Morgan fingerprint density at radius 3 is 2.50 bits per heavy atom. The molecule has 0 saturated heterocycles. The fourth-order valence-corrected chi connectivity index (χ4v) is 1.39. The lowest BCUT2D eigenvalue weighted by atomic mass is 10.1. The first-order valence-corrected chi connectivity index (χ1v) is 5.00. The number of hydrogen-bond acceptors (Lipinski definition) is 2. The number of alkyl halides is 3. The van der Waals surface area contributed by atoms with E-state index in [2.05, 4.69) is 5.10 Å². The molecule has 0 N–H and O–H groups in total. The third kappa shape index (κ3) is 2.98. The summed E-state index contributed by atoms with van der Waals surface area (Å²) < 4.78 is 43.6. The van der Waals surface area contributed by atoms with Crippen molar-refractivity contribution in [1.82, 2.24) is 9.78 Å². The maximum atomic E-state index is 12.5. The number of methoxy groups -OCH3 is 1. The maximum absolute atomic E-state index is 12.5. The largest absolute Gasteiger partial charge is 0.435 e. The smallest absolute Gasteiger partial charge is 0.383 e. The summed E-state index contributed by atoms with van der Waals surface area (Å²) in [4.78, 5) is 0. The first-order valence-electron chi connectivity index (χ1n) is 5.00. The Labute approximate surface area is 92.2 Å². The van der Waals surface area contributed by atoms with Gasteiger partial charge >= 0.3 is 6.18 Å². The number of nitrogens with zero attached hydrogens (tertiary/aromatic N) is 2. The van der Waals surface area contributed by atoms with Gasteiger partial charge in [-0.2, -0.15) is 18.3 Å². The van der Waals surface area contributed by atoms with Gasteiger partial charge in [0.15, 0.2) is 5.69 Å². The minimum Gasteiger partial charge on any atom is -0.383 e. The van der Waals surface area contributed by atoms with Gasteiger partial charge in [-0.05, 0) is 12.0 Å². The van der Waals surface area contributed by atoms with Crippen LogP contribution >= 0.6 is 0 Å². The predicted octanol–water partition coefficient (Wildman–Crippen LogP) is 2.67. The van der Waals surface area contributed by atoms with Crippen LogP contribution in [-0.2, 0) is 17.5 Å². The van der Waals surface area contributed by atoms with Crippen molar-refractivity contribution in [2.75, 3.05) is 13.7 Å². The monoisotopic (exact) mass is 236 g/mol. The van der Waals surface area contributed by atoms with E-state index in [-0.39, 0.29) is 5.92 Å². The summed E-state index contributed by atoms with van der Waals surface area (Å²) in [7, 11) is 1.50. The summed E-state index contributed by atoms with van der Waals surface area (Å²) in [6.45, 7) is 4.35. The van der Waals surface area contributed by atoms with E-state index < -0.39 is 11.9 Å². The summed E-state index contributed by atoms with van der Waals surface area (Å²) in [5, 5.41) is 3.55. The van der Waals surface area contributed by atoms with E-state index in [4.69, 9.17) is 4.74 Å². The topological polar surface area (TPSA) is 27.1 Å². The first-order chi connectivity index (χ1) is 7.36. The highest BCUT2D eigenvalue weighted by molar-refractivity contribution is 5.16. The lowest BCUT2D eigenvalue weighted by molar-refractivity contribution is -0.141. The molecule has 92 valence electrons. The van der Waals surface area contributed by atoms with Crippen molar-refractivity contribution in [3.63, 3.8) is 0 Å². The molecular weight excluding hydrogens is 221 g/mol. The van der Waals surface area contributed by atoms with Crippen LogP contribution in [0.15, 0.2) is 6.07 Å². The molecule has 0 aliphatic rings. The normalized spacial score (nSPS) is 12.4. The highest BCUT2D eigenvalue weighted by atomic mass is 19.4. The quantitative estimate of drug-likeness (QED) is 0.803. The average Bonchev–Trinajstić information content (AvgIpc) is 2.57. The van der Waals surface area contributed by atoms with Gasteiger partial charge in [0.1, 0.15) is 0 Å². The summed E-state index contributed by atoms with van der Waals surface area (Å²) in [6.07, 6.45) is -4.39. The zero-order chi connectivity index (χ0) is 12.3. The zero-order valence-electron chi connectivity index (χ0n) is 9.51. The molecule has 1 aromatic heterocycles. The molecule has 0 spiro atoms. The van der Waals surface area contributed by atoms with Gasteiger partial charge < -0.3 is 4.74 Å². The molecule has 1 heterocycles. The lowest BCUT2D eigenvalue weighted by Crippen LogP contribution is -2.12. The number of rotatable bonds is 4. The van der Waals surface area contributed by atoms with Crippen LogP contribution in [-0.4, -0.2) is 23.5 Å². The Kier molecular flexibility index (Phi) is 3.96. The van der Waals surface area contributed by atoms with Gasteiger partial charge in [-0.15, -0.1) is 0 Å². The molecule has 16 heavy (non-hydrogen) atoms. The number of halogens is 3. The summed E-state index contributed by atoms with van der Waals surface area (Å²) in [5.41, 5.74) is -0.267. The van der Waals surface area contributed by atoms with Crippen molar-refractivity contribution in [3.8, 4) is 0 Å². The zero-order valence-corrected chi connectivity index (χ0v) is 9.51. The molecule has 6 heteroatoms. The van der Waals surface area contributed by atoms with E-state index in [0.29, 0.717) is 18.8 Å². The van der Waals surface area contributed by atoms with Crippen LogP contribution in [0, 0.1) is 0 Å². The second-order valence-electron chi connectivity index (χ2n) is 3.82. The molecule has 1 aromatic rings. The molecule has 1 rings (SSSR count). The Bertz CT molecular complexity index is 344. The van der Waals surface area contributed by atoms with Gasteiger partial charge in [-0.1, -0.05) is 13.8 Å². The molecule has 0 aliphatic carbocycles. The van der Waals surface area contributed by atoms with Gasteiger partial charge in [0.05, 0.1) is 13.2 Å². The molecule has 0 saturated carbocycles. The summed E-state index contributed by atoms with van der Waals surface area (Å²) in [6, 6.07) is 1.10. The molecule has 0 radical (unpaired) electrons. The fourth-order valence-electron chi connectivity index (χ4n) is 1.39. The number of aromatic nitrogens is 2. The summed E-state index contributed by atoms with van der Waals surface area (Å²) in [5.74, 6) is 0.000422. The van der Waals surface area contributed by atoms with Crippen molar-refractivity contribution >= 4 is 0 Å². The van der Waals surface area contributed by atoms with Gasteiger partial charge in [0.25, 0.3) is 0 Å². The molecule has 0 amide bonds. The molecule has 0 fully saturated rings. The van der Waals surface area contributed by atoms with Crippen molar-refractivity contribution in [3.05, 3.63) is 17.5 Å². The predicted molar refractivity (Wildman–Crippen MR) is 53.2 cm³/mol. The van der Waals surface area contributed by atoms with Gasteiger partial charge in [-0.3, -0.25) is 4.68 Å². The van der Waals surface area contributed by atoms with Crippen molar-refractivity contribution in [2.45, 2.75) is 32.5 Å². The molecule has 0 bridgehead atoms. The highest BCUT2D eigenvalue weighted by Gasteiger charge is 2.35. The number of hydrogen-bond donors (Lipinski definition) is 0. The third-order valence-corrected chi connectivity index (χ3v) is 2.20. The van der Waals surface area contributed by atoms with Crippen LogP contribution in [0.4, 0.5) is 13.2 Å². The standard InChI is InChI=1S/C10H15F3N2O/c1-7(2)8-6-9(10(11,12)13)14-15(8)4-5-16-3/h6-7H,4-5H2,1-3H3. The van der Waals surface area contributed by atoms with Crippen molar-refractivity contribution in [2.24, 2.45) is 0 Å². The van der Waals surface area contributed by atoms with Crippen LogP contribution in [0.3, 0.4) is 0 Å². The van der Waals surface area contributed by atoms with Gasteiger partial charge in [0, 0.05) is 12.8 Å². The second kappa shape index (κ2) is 4.86. The highest BCUT2D eigenvalue weighted by Crippen LogP contribution is 2.30. The van der Waals surface area contributed by atoms with Crippen molar-refractivity contribution in [1.29, 1.82) is 0 Å². The fraction of sp³-hybridized carbons (Fsp3) is 0.700.